The maximum atomic E-state index is 12.4. The Bertz CT molecular complexity index is 532. The number of nitrogens with zero attached hydrogens (tertiary/aromatic N) is 1. The van der Waals surface area contributed by atoms with Gasteiger partial charge in [-0.1, -0.05) is 50.6 Å². The Morgan fingerprint density at radius 3 is 2.70 bits per heavy atom. The van der Waals surface area contributed by atoms with Crippen LogP contribution < -0.4 is 5.32 Å². The maximum absolute atomic E-state index is 12.4. The summed E-state index contributed by atoms with van der Waals surface area (Å²) in [5.41, 5.74) is 1.06. The molecule has 1 saturated heterocycles. The van der Waals surface area contributed by atoms with Crippen LogP contribution in [-0.4, -0.2) is 41.0 Å². The summed E-state index contributed by atoms with van der Waals surface area (Å²) in [6.07, 6.45) is 1.13. The van der Waals surface area contributed by atoms with Gasteiger partial charge in [0.15, 0.2) is 0 Å². The third-order valence-electron chi connectivity index (χ3n) is 4.66. The molecule has 0 unspecified atom stereocenters. The van der Waals surface area contributed by atoms with Gasteiger partial charge < -0.3 is 15.3 Å². The lowest BCUT2D eigenvalue weighted by molar-refractivity contribution is -0.129. The zero-order valence-electron chi connectivity index (χ0n) is 13.9. The molecule has 0 aromatic heterocycles. The van der Waals surface area contributed by atoms with E-state index in [0.29, 0.717) is 13.1 Å². The first-order chi connectivity index (χ1) is 11.0. The topological polar surface area (TPSA) is 69.6 Å². The molecule has 3 atom stereocenters. The van der Waals surface area contributed by atoms with E-state index in [-0.39, 0.29) is 42.7 Å². The molecule has 1 aliphatic rings. The van der Waals surface area contributed by atoms with E-state index in [1.54, 1.807) is 4.90 Å². The number of benzene rings is 1. The van der Waals surface area contributed by atoms with Gasteiger partial charge in [-0.15, -0.1) is 0 Å². The number of hydrogen-bond donors (Lipinski definition) is 2. The number of amides is 2. The monoisotopic (exact) mass is 318 g/mol. The van der Waals surface area contributed by atoms with E-state index in [0.717, 1.165) is 12.0 Å². The third kappa shape index (κ3) is 4.55. The first-order valence-electron chi connectivity index (χ1n) is 8.28. The van der Waals surface area contributed by atoms with Crippen molar-refractivity contribution in [3.05, 3.63) is 35.9 Å². The van der Waals surface area contributed by atoms with Gasteiger partial charge >= 0.3 is 0 Å². The molecule has 0 aliphatic carbocycles. The van der Waals surface area contributed by atoms with Crippen molar-refractivity contribution in [1.29, 1.82) is 0 Å². The van der Waals surface area contributed by atoms with Crippen LogP contribution in [-0.2, 0) is 16.1 Å². The van der Waals surface area contributed by atoms with Crippen molar-refractivity contribution >= 4 is 11.8 Å². The van der Waals surface area contributed by atoms with E-state index in [4.69, 9.17) is 0 Å². The van der Waals surface area contributed by atoms with Crippen LogP contribution in [0.4, 0.5) is 0 Å². The Balaban J connectivity index is 1.92. The zero-order chi connectivity index (χ0) is 16.8. The molecular weight excluding hydrogens is 292 g/mol. The average molecular weight is 318 g/mol. The molecule has 1 fully saturated rings. The molecule has 5 heteroatoms. The number of carbonyl (C=O) groups is 2. The minimum absolute atomic E-state index is 0.0121. The van der Waals surface area contributed by atoms with Crippen molar-refractivity contribution in [1.82, 2.24) is 10.2 Å². The van der Waals surface area contributed by atoms with E-state index >= 15 is 0 Å². The fraction of sp³-hybridized carbons (Fsp3) is 0.556. The number of aliphatic hydroxyl groups is 1. The van der Waals surface area contributed by atoms with Crippen LogP contribution >= 0.6 is 0 Å². The highest BCUT2D eigenvalue weighted by molar-refractivity contribution is 5.89. The van der Waals surface area contributed by atoms with Gasteiger partial charge in [-0.3, -0.25) is 9.59 Å². The Morgan fingerprint density at radius 1 is 1.39 bits per heavy atom. The molecule has 126 valence electrons. The van der Waals surface area contributed by atoms with Crippen molar-refractivity contribution in [2.24, 2.45) is 11.8 Å². The third-order valence-corrected chi connectivity index (χ3v) is 4.66. The first kappa shape index (κ1) is 17.5. The number of rotatable bonds is 7. The molecule has 2 amide bonds. The molecule has 1 aliphatic heterocycles. The van der Waals surface area contributed by atoms with Crippen molar-refractivity contribution in [3.8, 4) is 0 Å². The maximum Gasteiger partial charge on any atom is 0.225 e. The molecule has 1 aromatic rings. The first-order valence-corrected chi connectivity index (χ1v) is 8.28. The van der Waals surface area contributed by atoms with Gasteiger partial charge in [0.05, 0.1) is 18.6 Å². The number of likely N-dealkylation sites (tertiary alicyclic amines) is 1. The molecule has 0 radical (unpaired) electrons. The number of nitrogens with one attached hydrogen (secondary N) is 1. The Kier molecular flexibility index (Phi) is 6.16. The fourth-order valence-corrected chi connectivity index (χ4v) is 2.86. The second-order valence-electron chi connectivity index (χ2n) is 6.34. The highest BCUT2D eigenvalue weighted by atomic mass is 16.3. The summed E-state index contributed by atoms with van der Waals surface area (Å²) in [7, 11) is 0. The predicted molar refractivity (Wildman–Crippen MR) is 88.4 cm³/mol. The van der Waals surface area contributed by atoms with Crippen LogP contribution in [0.25, 0.3) is 0 Å². The van der Waals surface area contributed by atoms with Crippen molar-refractivity contribution in [3.63, 3.8) is 0 Å². The lowest BCUT2D eigenvalue weighted by Crippen LogP contribution is -2.45. The highest BCUT2D eigenvalue weighted by Gasteiger charge is 2.35. The molecule has 1 aromatic carbocycles. The van der Waals surface area contributed by atoms with Crippen LogP contribution in [0.15, 0.2) is 30.3 Å². The summed E-state index contributed by atoms with van der Waals surface area (Å²) in [5.74, 6) is -0.239. The van der Waals surface area contributed by atoms with Crippen LogP contribution in [0, 0.1) is 11.8 Å². The minimum Gasteiger partial charge on any atom is -0.394 e. The fourth-order valence-electron chi connectivity index (χ4n) is 2.86. The van der Waals surface area contributed by atoms with Gasteiger partial charge in [0.1, 0.15) is 0 Å². The van der Waals surface area contributed by atoms with Crippen molar-refractivity contribution < 1.29 is 14.7 Å². The molecular formula is C18H26N2O3. The van der Waals surface area contributed by atoms with Gasteiger partial charge in [0, 0.05) is 19.5 Å². The Labute approximate surface area is 137 Å². The molecule has 1 heterocycles. The molecule has 2 rings (SSSR count). The molecule has 0 bridgehead atoms. The SMILES string of the molecule is CC[C@H](C)[C@H](CO)NC(=O)[C@H]1CC(=O)N(Cc2ccccc2)C1. The summed E-state index contributed by atoms with van der Waals surface area (Å²) in [4.78, 5) is 26.2. The van der Waals surface area contributed by atoms with Gasteiger partial charge in [0.25, 0.3) is 0 Å². The Hall–Kier alpha value is -1.88. The van der Waals surface area contributed by atoms with E-state index < -0.39 is 0 Å². The second-order valence-corrected chi connectivity index (χ2v) is 6.34. The van der Waals surface area contributed by atoms with Gasteiger partial charge in [-0.05, 0) is 11.5 Å². The molecule has 0 spiro atoms. The number of aliphatic hydroxyl groups excluding tert-OH is 1. The van der Waals surface area contributed by atoms with Crippen molar-refractivity contribution in [2.45, 2.75) is 39.3 Å². The number of hydrogen-bond acceptors (Lipinski definition) is 3. The quantitative estimate of drug-likeness (QED) is 0.801. The summed E-state index contributed by atoms with van der Waals surface area (Å²) < 4.78 is 0. The normalized spacial score (nSPS) is 20.4. The average Bonchev–Trinajstić information content (AvgIpc) is 2.93. The minimum atomic E-state index is -0.329. The van der Waals surface area contributed by atoms with Gasteiger partial charge in [-0.2, -0.15) is 0 Å². The largest absolute Gasteiger partial charge is 0.394 e. The van der Waals surface area contributed by atoms with Crippen LogP contribution in [0.2, 0.25) is 0 Å². The van der Waals surface area contributed by atoms with E-state index in [1.807, 2.05) is 44.2 Å². The van der Waals surface area contributed by atoms with Gasteiger partial charge in [0.2, 0.25) is 11.8 Å². The smallest absolute Gasteiger partial charge is 0.225 e. The molecule has 0 saturated carbocycles. The second kappa shape index (κ2) is 8.11. The van der Waals surface area contributed by atoms with Crippen molar-refractivity contribution in [2.75, 3.05) is 13.2 Å². The molecule has 5 nitrogen and oxygen atoms in total. The molecule has 2 N–H and O–H groups in total. The summed E-state index contributed by atoms with van der Waals surface area (Å²) in [6, 6.07) is 9.54. The van der Waals surface area contributed by atoms with Crippen LogP contribution in [0.1, 0.15) is 32.3 Å². The standard InChI is InChI=1S/C18H26N2O3/c1-3-13(2)16(12-21)19-18(23)15-9-17(22)20(11-15)10-14-7-5-4-6-8-14/h4-8,13,15-16,21H,3,9-12H2,1-2H3,(H,19,23)/t13-,15-,16-/m0/s1. The van der Waals surface area contributed by atoms with Crippen LogP contribution in [0.3, 0.4) is 0 Å². The number of carbonyl (C=O) groups excluding carboxylic acids is 2. The summed E-state index contributed by atoms with van der Waals surface area (Å²) >= 11 is 0. The zero-order valence-corrected chi connectivity index (χ0v) is 13.9. The lowest BCUT2D eigenvalue weighted by Gasteiger charge is -2.24. The summed E-state index contributed by atoms with van der Waals surface area (Å²) in [6.45, 7) is 4.94. The Morgan fingerprint density at radius 2 is 2.09 bits per heavy atom. The van der Waals surface area contributed by atoms with Crippen LogP contribution in [0.5, 0.6) is 0 Å². The molecule has 23 heavy (non-hydrogen) atoms. The summed E-state index contributed by atoms with van der Waals surface area (Å²) in [5, 5.41) is 12.3. The lowest BCUT2D eigenvalue weighted by atomic mass is 9.98. The van der Waals surface area contributed by atoms with E-state index in [9.17, 15) is 14.7 Å². The van der Waals surface area contributed by atoms with E-state index in [2.05, 4.69) is 5.32 Å². The highest BCUT2D eigenvalue weighted by Crippen LogP contribution is 2.21. The van der Waals surface area contributed by atoms with Gasteiger partial charge in [-0.25, -0.2) is 0 Å². The predicted octanol–water partition coefficient (Wildman–Crippen LogP) is 1.56. The van der Waals surface area contributed by atoms with E-state index in [1.165, 1.54) is 0 Å².